The van der Waals surface area contributed by atoms with Gasteiger partial charge < -0.3 is 9.15 Å². The molecule has 0 fully saturated rings. The number of ether oxygens (including phenoxy) is 1. The summed E-state index contributed by atoms with van der Waals surface area (Å²) in [6, 6.07) is 4.12. The summed E-state index contributed by atoms with van der Waals surface area (Å²) in [6.07, 6.45) is 0. The Morgan fingerprint density at radius 2 is 2.19 bits per heavy atom. The molecule has 0 saturated carbocycles. The van der Waals surface area contributed by atoms with Crippen LogP contribution in [0.15, 0.2) is 22.6 Å². The summed E-state index contributed by atoms with van der Waals surface area (Å²) in [7, 11) is 1.30. The second-order valence-electron chi connectivity index (χ2n) is 4.22. The third kappa shape index (κ3) is 3.93. The molecule has 0 saturated heterocycles. The van der Waals surface area contributed by atoms with Crippen molar-refractivity contribution in [2.24, 2.45) is 0 Å². The van der Waals surface area contributed by atoms with Crippen molar-refractivity contribution in [2.75, 3.05) is 7.11 Å². The van der Waals surface area contributed by atoms with Crippen LogP contribution in [0.3, 0.4) is 0 Å². The molecular formula is C13H13Cl2N3O3. The van der Waals surface area contributed by atoms with Crippen molar-refractivity contribution in [1.82, 2.24) is 15.5 Å². The normalized spacial score (nSPS) is 12.2. The van der Waals surface area contributed by atoms with E-state index in [0.717, 1.165) is 0 Å². The molecule has 1 aromatic heterocycles. The van der Waals surface area contributed by atoms with Crippen LogP contribution >= 0.6 is 23.2 Å². The van der Waals surface area contributed by atoms with E-state index >= 15 is 0 Å². The smallest absolute Gasteiger partial charge is 0.327 e. The first-order valence-corrected chi connectivity index (χ1v) is 6.82. The minimum absolute atomic E-state index is 0.208. The Hall–Kier alpha value is -1.63. The monoisotopic (exact) mass is 329 g/mol. The van der Waals surface area contributed by atoms with Gasteiger partial charge in [0.2, 0.25) is 11.8 Å². The molecule has 112 valence electrons. The maximum Gasteiger partial charge on any atom is 0.327 e. The number of carbonyl (C=O) groups excluding carboxylic acids is 1. The highest BCUT2D eigenvalue weighted by Crippen LogP contribution is 2.27. The van der Waals surface area contributed by atoms with Crippen molar-refractivity contribution in [3.8, 4) is 0 Å². The van der Waals surface area contributed by atoms with Gasteiger partial charge in [0, 0.05) is 17.0 Å². The molecule has 0 radical (unpaired) electrons. The van der Waals surface area contributed by atoms with Gasteiger partial charge in [-0.2, -0.15) is 0 Å². The first-order chi connectivity index (χ1) is 10.0. The Labute approximate surface area is 131 Å². The quantitative estimate of drug-likeness (QED) is 0.850. The van der Waals surface area contributed by atoms with Crippen LogP contribution in [-0.4, -0.2) is 23.3 Å². The molecule has 0 aliphatic carbocycles. The maximum atomic E-state index is 11.9. The van der Waals surface area contributed by atoms with Crippen molar-refractivity contribution < 1.29 is 13.9 Å². The first-order valence-electron chi connectivity index (χ1n) is 6.06. The zero-order valence-electron chi connectivity index (χ0n) is 11.4. The molecule has 1 aromatic carbocycles. The van der Waals surface area contributed by atoms with Crippen LogP contribution < -0.4 is 5.32 Å². The number of methoxy groups -OCH3 is 1. The number of aryl methyl sites for hydroxylation is 1. The predicted molar refractivity (Wildman–Crippen MR) is 77.1 cm³/mol. The Kier molecular flexibility index (Phi) is 5.17. The molecule has 1 heterocycles. The van der Waals surface area contributed by atoms with Crippen molar-refractivity contribution in [2.45, 2.75) is 19.5 Å². The number of carbonyl (C=O) groups is 1. The average Bonchev–Trinajstić information content (AvgIpc) is 2.86. The zero-order chi connectivity index (χ0) is 15.4. The lowest BCUT2D eigenvalue weighted by molar-refractivity contribution is -0.143. The fourth-order valence-electron chi connectivity index (χ4n) is 1.77. The molecule has 1 unspecified atom stereocenters. The van der Waals surface area contributed by atoms with Gasteiger partial charge in [0.05, 0.1) is 13.7 Å². The Morgan fingerprint density at radius 1 is 1.43 bits per heavy atom. The van der Waals surface area contributed by atoms with E-state index in [2.05, 4.69) is 15.5 Å². The second-order valence-corrected chi connectivity index (χ2v) is 5.06. The fraction of sp³-hybridized carbons (Fsp3) is 0.308. The highest BCUT2D eigenvalue weighted by Gasteiger charge is 2.24. The Balaban J connectivity index is 2.20. The van der Waals surface area contributed by atoms with Crippen LogP contribution in [0.1, 0.15) is 23.4 Å². The van der Waals surface area contributed by atoms with E-state index in [4.69, 9.17) is 32.4 Å². The minimum Gasteiger partial charge on any atom is -0.468 e. The van der Waals surface area contributed by atoms with E-state index in [9.17, 15) is 4.79 Å². The molecule has 0 aliphatic rings. The molecule has 2 rings (SSSR count). The lowest BCUT2D eigenvalue weighted by atomic mass is 10.1. The van der Waals surface area contributed by atoms with Crippen LogP contribution in [0.5, 0.6) is 0 Å². The summed E-state index contributed by atoms with van der Waals surface area (Å²) < 4.78 is 10.0. The summed E-state index contributed by atoms with van der Waals surface area (Å²) in [5, 5.41) is 11.4. The zero-order valence-corrected chi connectivity index (χ0v) is 12.9. The summed E-state index contributed by atoms with van der Waals surface area (Å²) in [4.78, 5) is 11.9. The van der Waals surface area contributed by atoms with Crippen LogP contribution in [0.2, 0.25) is 10.0 Å². The van der Waals surface area contributed by atoms with Crippen LogP contribution in [-0.2, 0) is 16.1 Å². The Bertz CT molecular complexity index is 645. The van der Waals surface area contributed by atoms with Gasteiger partial charge in [-0.3, -0.25) is 5.32 Å². The van der Waals surface area contributed by atoms with E-state index in [1.807, 2.05) is 0 Å². The summed E-state index contributed by atoms with van der Waals surface area (Å²) >= 11 is 12.0. The van der Waals surface area contributed by atoms with Crippen LogP contribution in [0.25, 0.3) is 0 Å². The fourth-order valence-corrected chi connectivity index (χ4v) is 2.29. The molecule has 1 atom stereocenters. The summed E-state index contributed by atoms with van der Waals surface area (Å²) in [6.45, 7) is 1.89. The van der Waals surface area contributed by atoms with Crippen molar-refractivity contribution in [3.05, 3.63) is 45.6 Å². The maximum absolute atomic E-state index is 11.9. The lowest BCUT2D eigenvalue weighted by Crippen LogP contribution is -2.29. The summed E-state index contributed by atoms with van der Waals surface area (Å²) in [5.41, 5.74) is 0.559. The molecule has 21 heavy (non-hydrogen) atoms. The predicted octanol–water partition coefficient (Wildman–Crippen LogP) is 2.69. The standard InChI is InChI=1S/C13H13Cl2N3O3/c1-7-17-18-11(21-7)6-16-12(13(19)20-2)9-4-3-8(14)5-10(9)15/h3-5,12,16H,6H2,1-2H3. The molecule has 8 heteroatoms. The van der Waals surface area contributed by atoms with E-state index in [1.54, 1.807) is 25.1 Å². The number of rotatable bonds is 5. The topological polar surface area (TPSA) is 77.2 Å². The number of hydrogen-bond donors (Lipinski definition) is 1. The number of benzene rings is 1. The van der Waals surface area contributed by atoms with E-state index in [-0.39, 0.29) is 6.54 Å². The third-order valence-corrected chi connectivity index (χ3v) is 3.30. The van der Waals surface area contributed by atoms with Gasteiger partial charge in [-0.1, -0.05) is 29.3 Å². The number of halogens is 2. The Morgan fingerprint density at radius 3 is 2.76 bits per heavy atom. The first kappa shape index (κ1) is 15.8. The number of aromatic nitrogens is 2. The third-order valence-electron chi connectivity index (χ3n) is 2.74. The van der Waals surface area contributed by atoms with Crippen LogP contribution in [0, 0.1) is 6.92 Å². The molecule has 0 amide bonds. The van der Waals surface area contributed by atoms with Gasteiger partial charge in [-0.15, -0.1) is 10.2 Å². The highest BCUT2D eigenvalue weighted by molar-refractivity contribution is 6.35. The molecule has 0 bridgehead atoms. The van der Waals surface area contributed by atoms with E-state index < -0.39 is 12.0 Å². The molecular weight excluding hydrogens is 317 g/mol. The minimum atomic E-state index is -0.757. The number of esters is 1. The molecule has 0 spiro atoms. The van der Waals surface area contributed by atoms with Crippen molar-refractivity contribution in [1.29, 1.82) is 0 Å². The van der Waals surface area contributed by atoms with Gasteiger partial charge in [0.25, 0.3) is 0 Å². The molecule has 0 aliphatic heterocycles. The van der Waals surface area contributed by atoms with E-state index in [0.29, 0.717) is 27.4 Å². The van der Waals surface area contributed by atoms with Gasteiger partial charge in [-0.05, 0) is 17.7 Å². The molecule has 2 aromatic rings. The van der Waals surface area contributed by atoms with Gasteiger partial charge in [0.15, 0.2) is 0 Å². The number of hydrogen-bond acceptors (Lipinski definition) is 6. The number of nitrogens with one attached hydrogen (secondary N) is 1. The van der Waals surface area contributed by atoms with E-state index in [1.165, 1.54) is 7.11 Å². The lowest BCUT2D eigenvalue weighted by Gasteiger charge is -2.17. The number of nitrogens with zero attached hydrogens (tertiary/aromatic N) is 2. The summed E-state index contributed by atoms with van der Waals surface area (Å²) in [5.74, 6) is 0.341. The van der Waals surface area contributed by atoms with Crippen molar-refractivity contribution >= 4 is 29.2 Å². The van der Waals surface area contributed by atoms with Gasteiger partial charge in [0.1, 0.15) is 6.04 Å². The second kappa shape index (κ2) is 6.89. The SMILES string of the molecule is COC(=O)C(NCc1nnc(C)o1)c1ccc(Cl)cc1Cl. The highest BCUT2D eigenvalue weighted by atomic mass is 35.5. The largest absolute Gasteiger partial charge is 0.468 e. The van der Waals surface area contributed by atoms with Gasteiger partial charge >= 0.3 is 5.97 Å². The van der Waals surface area contributed by atoms with Crippen molar-refractivity contribution in [3.63, 3.8) is 0 Å². The van der Waals surface area contributed by atoms with Gasteiger partial charge in [-0.25, -0.2) is 4.79 Å². The average molecular weight is 330 g/mol. The molecule has 1 N–H and O–H groups in total. The molecule has 6 nitrogen and oxygen atoms in total. The van der Waals surface area contributed by atoms with Crippen LogP contribution in [0.4, 0.5) is 0 Å².